The van der Waals surface area contributed by atoms with Gasteiger partial charge in [-0.2, -0.15) is 5.10 Å². The van der Waals surface area contributed by atoms with Gasteiger partial charge in [0.15, 0.2) is 9.84 Å². The maximum atomic E-state index is 13.7. The van der Waals surface area contributed by atoms with Crippen molar-refractivity contribution in [2.45, 2.75) is 11.4 Å². The Bertz CT molecular complexity index is 874. The molecular weight excluding hydrogens is 337 g/mol. The van der Waals surface area contributed by atoms with E-state index in [0.717, 1.165) is 12.3 Å². The second-order valence-electron chi connectivity index (χ2n) is 5.06. The zero-order chi connectivity index (χ0) is 17.7. The van der Waals surface area contributed by atoms with E-state index in [9.17, 15) is 17.6 Å². The summed E-state index contributed by atoms with van der Waals surface area (Å²) in [6, 6.07) is 6.39. The van der Waals surface area contributed by atoms with Gasteiger partial charge in [0.05, 0.1) is 17.6 Å². The Kier molecular flexibility index (Phi) is 5.35. The van der Waals surface area contributed by atoms with Gasteiger partial charge in [-0.15, -0.1) is 0 Å². The highest BCUT2D eigenvalue weighted by Crippen LogP contribution is 2.22. The van der Waals surface area contributed by atoms with Gasteiger partial charge in [-0.1, -0.05) is 12.1 Å². The smallest absolute Gasteiger partial charge is 0.404 e. The van der Waals surface area contributed by atoms with Gasteiger partial charge in [0.2, 0.25) is 0 Å². The number of benzene rings is 1. The van der Waals surface area contributed by atoms with Crippen molar-refractivity contribution >= 4 is 15.9 Å². The van der Waals surface area contributed by atoms with E-state index in [1.807, 2.05) is 5.32 Å². The summed E-state index contributed by atoms with van der Waals surface area (Å²) in [6.45, 7) is -0.279. The van der Waals surface area contributed by atoms with Crippen LogP contribution in [0.5, 0.6) is 0 Å². The molecule has 0 atom stereocenters. The van der Waals surface area contributed by atoms with E-state index in [0.29, 0.717) is 11.1 Å². The molecule has 1 aromatic heterocycles. The molecule has 0 saturated heterocycles. The maximum absolute atomic E-state index is 13.7. The first-order chi connectivity index (χ1) is 11.3. The number of nitrogens with zero attached hydrogens (tertiary/aromatic N) is 2. The molecule has 2 aromatic rings. The zero-order valence-electron chi connectivity index (χ0n) is 12.8. The van der Waals surface area contributed by atoms with Crippen LogP contribution in [-0.4, -0.2) is 42.2 Å². The number of sulfone groups is 1. The summed E-state index contributed by atoms with van der Waals surface area (Å²) in [5, 5.41) is 14.4. The monoisotopic (exact) mass is 353 g/mol. The molecule has 0 aliphatic rings. The molecule has 0 bridgehead atoms. The molecule has 1 heterocycles. The molecule has 0 unspecified atom stereocenters. The van der Waals surface area contributed by atoms with Gasteiger partial charge < -0.3 is 10.4 Å². The number of allylic oxidation sites excluding steroid dienone is 1. The molecular formula is C15H16FN3O4S. The fraction of sp³-hybridized carbons (Fsp3) is 0.200. The van der Waals surface area contributed by atoms with Crippen molar-refractivity contribution in [2.75, 3.05) is 12.8 Å². The minimum absolute atomic E-state index is 0.133. The lowest BCUT2D eigenvalue weighted by Gasteiger charge is -2.02. The second kappa shape index (κ2) is 7.26. The highest BCUT2D eigenvalue weighted by molar-refractivity contribution is 7.90. The first kappa shape index (κ1) is 17.7. The number of rotatable bonds is 6. The van der Waals surface area contributed by atoms with Crippen LogP contribution in [0.4, 0.5) is 9.18 Å². The van der Waals surface area contributed by atoms with Crippen molar-refractivity contribution in [3.63, 3.8) is 0 Å². The van der Waals surface area contributed by atoms with Gasteiger partial charge in [0.1, 0.15) is 5.83 Å². The van der Waals surface area contributed by atoms with Gasteiger partial charge in [-0.05, 0) is 23.8 Å². The van der Waals surface area contributed by atoms with E-state index in [1.165, 1.54) is 23.0 Å². The fourth-order valence-corrected chi connectivity index (χ4v) is 2.64. The molecule has 0 radical (unpaired) electrons. The Labute approximate surface area is 138 Å². The molecule has 9 heteroatoms. The second-order valence-corrected chi connectivity index (χ2v) is 7.08. The molecule has 0 aliphatic carbocycles. The topological polar surface area (TPSA) is 101 Å². The van der Waals surface area contributed by atoms with Gasteiger partial charge >= 0.3 is 6.09 Å². The van der Waals surface area contributed by atoms with Crippen LogP contribution < -0.4 is 5.32 Å². The van der Waals surface area contributed by atoms with E-state index in [4.69, 9.17) is 5.11 Å². The quantitative estimate of drug-likeness (QED) is 0.828. The molecule has 1 aromatic carbocycles. The van der Waals surface area contributed by atoms with E-state index in [2.05, 4.69) is 5.10 Å². The summed E-state index contributed by atoms with van der Waals surface area (Å²) in [5.41, 5.74) is 1.30. The average Bonchev–Trinajstić information content (AvgIpc) is 2.94. The van der Waals surface area contributed by atoms with Crippen molar-refractivity contribution in [3.8, 4) is 11.1 Å². The zero-order valence-corrected chi connectivity index (χ0v) is 13.6. The number of amides is 1. The van der Waals surface area contributed by atoms with Gasteiger partial charge in [0, 0.05) is 24.6 Å². The fourth-order valence-electron chi connectivity index (χ4n) is 1.97. The number of nitrogens with one attached hydrogen (secondary N) is 1. The molecule has 0 aliphatic heterocycles. The number of hydrogen-bond acceptors (Lipinski definition) is 4. The summed E-state index contributed by atoms with van der Waals surface area (Å²) >= 11 is 0. The van der Waals surface area contributed by atoms with Crippen LogP contribution in [0.1, 0.15) is 0 Å². The van der Waals surface area contributed by atoms with Crippen molar-refractivity contribution < 1.29 is 22.7 Å². The standard InChI is InChI=1S/C15H16FN3O4S/c1-24(22,23)14-4-2-3-11(7-14)12-8-18-19(9-12)10-13(16)5-6-17-15(20)21/h2-5,7-9,17H,6,10H2,1H3,(H,20,21)/b13-5-. The normalized spacial score (nSPS) is 12.2. The van der Waals surface area contributed by atoms with Gasteiger partial charge in [-0.25, -0.2) is 17.6 Å². The number of hydrogen-bond donors (Lipinski definition) is 2. The third kappa shape index (κ3) is 4.92. The lowest BCUT2D eigenvalue weighted by atomic mass is 10.1. The third-order valence-electron chi connectivity index (χ3n) is 3.12. The summed E-state index contributed by atoms with van der Waals surface area (Å²) in [5.74, 6) is -0.539. The van der Waals surface area contributed by atoms with Crippen LogP contribution in [0.15, 0.2) is 53.5 Å². The van der Waals surface area contributed by atoms with Crippen molar-refractivity contribution in [2.24, 2.45) is 0 Å². The Balaban J connectivity index is 2.12. The Hall–Kier alpha value is -2.68. The van der Waals surface area contributed by atoms with Crippen LogP contribution in [-0.2, 0) is 16.4 Å². The van der Waals surface area contributed by atoms with Crippen molar-refractivity contribution in [1.29, 1.82) is 0 Å². The van der Waals surface area contributed by atoms with E-state index < -0.39 is 21.8 Å². The van der Waals surface area contributed by atoms with Gasteiger partial charge in [-0.3, -0.25) is 4.68 Å². The third-order valence-corrected chi connectivity index (χ3v) is 4.23. The summed E-state index contributed by atoms with van der Waals surface area (Å²) in [4.78, 5) is 10.5. The predicted molar refractivity (Wildman–Crippen MR) is 86.0 cm³/mol. The number of aromatic nitrogens is 2. The number of carboxylic acid groups (broad SMARTS) is 1. The van der Waals surface area contributed by atoms with E-state index in [-0.39, 0.29) is 18.0 Å². The number of halogens is 1. The van der Waals surface area contributed by atoms with Crippen LogP contribution in [0.25, 0.3) is 11.1 Å². The van der Waals surface area contributed by atoms with E-state index in [1.54, 1.807) is 18.3 Å². The molecule has 0 saturated carbocycles. The molecule has 0 fully saturated rings. The molecule has 2 N–H and O–H groups in total. The Morgan fingerprint density at radius 3 is 2.83 bits per heavy atom. The summed E-state index contributed by atoms with van der Waals surface area (Å²) in [7, 11) is -3.31. The molecule has 1 amide bonds. The summed E-state index contributed by atoms with van der Waals surface area (Å²) in [6.07, 6.45) is 4.09. The first-order valence-electron chi connectivity index (χ1n) is 6.90. The lowest BCUT2D eigenvalue weighted by molar-refractivity contribution is 0.195. The van der Waals surface area contributed by atoms with Crippen LogP contribution in [0.3, 0.4) is 0 Å². The highest BCUT2D eigenvalue weighted by Gasteiger charge is 2.10. The highest BCUT2D eigenvalue weighted by atomic mass is 32.2. The van der Waals surface area contributed by atoms with E-state index >= 15 is 0 Å². The Morgan fingerprint density at radius 2 is 2.17 bits per heavy atom. The minimum Gasteiger partial charge on any atom is -0.465 e. The van der Waals surface area contributed by atoms with Crippen LogP contribution in [0, 0.1) is 0 Å². The molecule has 7 nitrogen and oxygen atoms in total. The Morgan fingerprint density at radius 1 is 1.42 bits per heavy atom. The molecule has 0 spiro atoms. The largest absolute Gasteiger partial charge is 0.465 e. The average molecular weight is 353 g/mol. The van der Waals surface area contributed by atoms with Gasteiger partial charge in [0.25, 0.3) is 0 Å². The maximum Gasteiger partial charge on any atom is 0.404 e. The van der Waals surface area contributed by atoms with Crippen LogP contribution in [0.2, 0.25) is 0 Å². The molecule has 24 heavy (non-hydrogen) atoms. The lowest BCUT2D eigenvalue weighted by Crippen LogP contribution is -2.20. The minimum atomic E-state index is -3.31. The SMILES string of the molecule is CS(=O)(=O)c1cccc(-c2cnn(C/C(F)=C/CNC(=O)O)c2)c1. The molecule has 2 rings (SSSR count). The number of carbonyl (C=O) groups is 1. The summed E-state index contributed by atoms with van der Waals surface area (Å²) < 4.78 is 38.2. The van der Waals surface area contributed by atoms with Crippen molar-refractivity contribution in [3.05, 3.63) is 48.6 Å². The van der Waals surface area contributed by atoms with Crippen LogP contribution >= 0.6 is 0 Å². The first-order valence-corrected chi connectivity index (χ1v) is 8.79. The van der Waals surface area contributed by atoms with Crippen molar-refractivity contribution in [1.82, 2.24) is 15.1 Å². The molecule has 128 valence electrons. The predicted octanol–water partition coefficient (Wildman–Crippen LogP) is 2.07.